The van der Waals surface area contributed by atoms with Crippen LogP contribution in [0.2, 0.25) is 0 Å². The van der Waals surface area contributed by atoms with E-state index >= 15 is 0 Å². The minimum absolute atomic E-state index is 0.00245. The smallest absolute Gasteiger partial charge is 0.351 e. The summed E-state index contributed by atoms with van der Waals surface area (Å²) < 4.78 is 1.59. The average molecular weight is 372 g/mol. The van der Waals surface area contributed by atoms with Crippen molar-refractivity contribution >= 4 is 17.4 Å². The van der Waals surface area contributed by atoms with Crippen LogP contribution in [0.25, 0.3) is 27.1 Å². The molecule has 0 amide bonds. The van der Waals surface area contributed by atoms with E-state index in [0.717, 1.165) is 11.1 Å². The van der Waals surface area contributed by atoms with Gasteiger partial charge in [-0.15, -0.1) is 0 Å². The molecule has 140 valence electrons. The van der Waals surface area contributed by atoms with Gasteiger partial charge in [0.25, 0.3) is 0 Å². The number of nitrogens with zero attached hydrogens (tertiary/aromatic N) is 2. The molecule has 5 nitrogen and oxygen atoms in total. The molecule has 0 atom stereocenters. The van der Waals surface area contributed by atoms with Gasteiger partial charge in [-0.25, -0.2) is 9.64 Å². The highest BCUT2D eigenvalue weighted by atomic mass is 16.4. The first-order valence-corrected chi connectivity index (χ1v) is 8.93. The summed E-state index contributed by atoms with van der Waals surface area (Å²) in [5.41, 5.74) is 4.81. The van der Waals surface area contributed by atoms with Gasteiger partial charge in [0.2, 0.25) is 5.69 Å². The molecule has 2 aromatic carbocycles. The van der Waals surface area contributed by atoms with E-state index in [4.69, 9.17) is 6.57 Å². The third-order valence-electron chi connectivity index (χ3n) is 4.91. The monoisotopic (exact) mass is 372 g/mol. The molecule has 3 rings (SSSR count). The predicted octanol–water partition coefficient (Wildman–Crippen LogP) is 5.37. The first kappa shape index (κ1) is 19.1. The summed E-state index contributed by atoms with van der Waals surface area (Å²) in [6, 6.07) is 14.8. The normalized spacial score (nSPS) is 10.5. The highest BCUT2D eigenvalue weighted by molar-refractivity contribution is 6.01. The number of carbonyl (C=O) groups excluding carboxylic acids is 1. The lowest BCUT2D eigenvalue weighted by molar-refractivity contribution is 0.0687. The van der Waals surface area contributed by atoms with Crippen LogP contribution in [0.1, 0.15) is 40.4 Å². The molecule has 0 radical (unpaired) electrons. The number of hydrogen-bond acceptors (Lipinski definition) is 2. The van der Waals surface area contributed by atoms with E-state index in [2.05, 4.69) is 4.85 Å². The van der Waals surface area contributed by atoms with Gasteiger partial charge in [-0.1, -0.05) is 49.4 Å². The van der Waals surface area contributed by atoms with Crippen molar-refractivity contribution in [2.75, 3.05) is 0 Å². The molecule has 0 saturated carbocycles. The van der Waals surface area contributed by atoms with Gasteiger partial charge in [0, 0.05) is 23.9 Å². The van der Waals surface area contributed by atoms with Crippen molar-refractivity contribution < 1.29 is 14.7 Å². The van der Waals surface area contributed by atoms with Crippen LogP contribution in [0.5, 0.6) is 0 Å². The van der Waals surface area contributed by atoms with Crippen molar-refractivity contribution in [3.05, 3.63) is 76.9 Å². The molecule has 5 heteroatoms. The molecule has 0 aliphatic carbocycles. The topological polar surface area (TPSA) is 63.7 Å². The Bertz CT molecular complexity index is 1120. The number of benzene rings is 2. The molecule has 0 saturated heterocycles. The molecule has 1 aromatic heterocycles. The summed E-state index contributed by atoms with van der Waals surface area (Å²) in [4.78, 5) is 27.1. The van der Waals surface area contributed by atoms with Gasteiger partial charge in [-0.05, 0) is 36.1 Å². The maximum absolute atomic E-state index is 11.8. The van der Waals surface area contributed by atoms with Crippen LogP contribution in [-0.2, 0) is 13.5 Å². The minimum Gasteiger partial charge on any atom is -0.477 e. The van der Waals surface area contributed by atoms with Crippen LogP contribution in [0.3, 0.4) is 0 Å². The lowest BCUT2D eigenvalue weighted by Crippen LogP contribution is -2.07. The molecule has 1 N–H and O–H groups in total. The Morgan fingerprint density at radius 2 is 1.71 bits per heavy atom. The third kappa shape index (κ3) is 3.21. The number of hydrogen-bond donors (Lipinski definition) is 1. The van der Waals surface area contributed by atoms with Gasteiger partial charge < -0.3 is 9.67 Å². The Kier molecular flexibility index (Phi) is 5.14. The summed E-state index contributed by atoms with van der Waals surface area (Å²) >= 11 is 0. The van der Waals surface area contributed by atoms with E-state index in [1.807, 2.05) is 49.4 Å². The lowest BCUT2D eigenvalue weighted by atomic mass is 9.97. The molecular weight excluding hydrogens is 352 g/mol. The van der Waals surface area contributed by atoms with Gasteiger partial charge in [0.15, 0.2) is 5.78 Å². The van der Waals surface area contributed by atoms with Crippen LogP contribution in [0, 0.1) is 6.57 Å². The summed E-state index contributed by atoms with van der Waals surface area (Å²) in [5.74, 6) is -1.05. The third-order valence-corrected chi connectivity index (χ3v) is 4.91. The molecular formula is C23H20N2O3. The number of aromatic carboxylic acids is 1. The molecule has 0 bridgehead atoms. The Morgan fingerprint density at radius 3 is 2.25 bits per heavy atom. The van der Waals surface area contributed by atoms with Gasteiger partial charge in [0.1, 0.15) is 5.69 Å². The number of rotatable bonds is 5. The summed E-state index contributed by atoms with van der Waals surface area (Å²) in [5, 5.41) is 9.70. The quantitative estimate of drug-likeness (QED) is 0.483. The highest BCUT2D eigenvalue weighted by Crippen LogP contribution is 2.40. The van der Waals surface area contributed by atoms with Crippen LogP contribution >= 0.6 is 0 Å². The molecule has 28 heavy (non-hydrogen) atoms. The molecule has 0 aliphatic heterocycles. The Labute approximate surface area is 163 Å². The predicted molar refractivity (Wildman–Crippen MR) is 109 cm³/mol. The fourth-order valence-corrected chi connectivity index (χ4v) is 3.51. The second-order valence-corrected chi connectivity index (χ2v) is 6.56. The molecule has 0 aliphatic rings. The standard InChI is InChI=1S/C23H20N2O3/c1-5-19-21(24-3)20(22(23(27)28)25(19)4)16-11-9-15(10-12-16)18-8-6-7-17(13-18)14(2)26/h6-13H,5H2,1-2,4H3,(H,27,28). The first-order valence-electron chi connectivity index (χ1n) is 8.93. The van der Waals surface area contributed by atoms with Gasteiger partial charge in [-0.2, -0.15) is 0 Å². The van der Waals surface area contributed by atoms with Crippen molar-refractivity contribution in [1.29, 1.82) is 0 Å². The van der Waals surface area contributed by atoms with Crippen LogP contribution in [0.15, 0.2) is 48.5 Å². The average Bonchev–Trinajstić information content (AvgIpc) is 2.99. The van der Waals surface area contributed by atoms with E-state index in [-0.39, 0.29) is 11.5 Å². The fraction of sp³-hybridized carbons (Fsp3) is 0.174. The first-order chi connectivity index (χ1) is 13.4. The summed E-state index contributed by atoms with van der Waals surface area (Å²) in [6.45, 7) is 11.0. The zero-order chi connectivity index (χ0) is 20.4. The van der Waals surface area contributed by atoms with Crippen LogP contribution in [-0.4, -0.2) is 21.4 Å². The van der Waals surface area contributed by atoms with Crippen LogP contribution in [0.4, 0.5) is 5.69 Å². The SMILES string of the molecule is [C-]#[N+]c1c(-c2ccc(-c3cccc(C(C)=O)c3)cc2)c(C(=O)O)n(C)c1CC. The number of carboxylic acid groups (broad SMARTS) is 1. The zero-order valence-electron chi connectivity index (χ0n) is 16.0. The number of ketones is 1. The molecule has 3 aromatic rings. The Hall–Kier alpha value is -3.65. The minimum atomic E-state index is -1.06. The largest absolute Gasteiger partial charge is 0.477 e. The van der Waals surface area contributed by atoms with Crippen LogP contribution < -0.4 is 0 Å². The zero-order valence-corrected chi connectivity index (χ0v) is 16.0. The van der Waals surface area contributed by atoms with Gasteiger partial charge in [-0.3, -0.25) is 4.79 Å². The highest BCUT2D eigenvalue weighted by Gasteiger charge is 2.25. The molecule has 0 fully saturated rings. The van der Waals surface area contributed by atoms with Crippen molar-refractivity contribution in [1.82, 2.24) is 4.57 Å². The van der Waals surface area contributed by atoms with E-state index in [0.29, 0.717) is 34.5 Å². The van der Waals surface area contributed by atoms with Crippen molar-refractivity contribution in [3.63, 3.8) is 0 Å². The molecule has 0 unspecified atom stereocenters. The Morgan fingerprint density at radius 1 is 1.07 bits per heavy atom. The Balaban J connectivity index is 2.13. The van der Waals surface area contributed by atoms with Gasteiger partial charge >= 0.3 is 5.97 Å². The number of Topliss-reactive ketones (excluding diaryl/α,β-unsaturated/α-hetero) is 1. The lowest BCUT2D eigenvalue weighted by Gasteiger charge is -2.07. The number of carboxylic acids is 1. The van der Waals surface area contributed by atoms with E-state index in [1.165, 1.54) is 6.92 Å². The van der Waals surface area contributed by atoms with Crippen molar-refractivity contribution in [2.45, 2.75) is 20.3 Å². The maximum Gasteiger partial charge on any atom is 0.351 e. The summed E-state index contributed by atoms with van der Waals surface area (Å²) in [6.07, 6.45) is 0.574. The second-order valence-electron chi connectivity index (χ2n) is 6.56. The van der Waals surface area contributed by atoms with E-state index in [9.17, 15) is 14.7 Å². The van der Waals surface area contributed by atoms with E-state index < -0.39 is 5.97 Å². The second kappa shape index (κ2) is 7.53. The number of carbonyl (C=O) groups is 2. The van der Waals surface area contributed by atoms with Gasteiger partial charge in [0.05, 0.1) is 6.57 Å². The van der Waals surface area contributed by atoms with Crippen molar-refractivity contribution in [2.24, 2.45) is 7.05 Å². The van der Waals surface area contributed by atoms with Crippen molar-refractivity contribution in [3.8, 4) is 22.3 Å². The molecule has 0 spiro atoms. The van der Waals surface area contributed by atoms with E-state index in [1.54, 1.807) is 17.7 Å². The summed E-state index contributed by atoms with van der Waals surface area (Å²) in [7, 11) is 1.68. The maximum atomic E-state index is 11.8. The molecule has 1 heterocycles. The number of aromatic nitrogens is 1. The fourth-order valence-electron chi connectivity index (χ4n) is 3.51.